The van der Waals surface area contributed by atoms with E-state index in [4.69, 9.17) is 4.42 Å². The third-order valence-corrected chi connectivity index (χ3v) is 6.48. The van der Waals surface area contributed by atoms with Gasteiger partial charge in [0.05, 0.1) is 0 Å². The molecule has 1 fully saturated rings. The summed E-state index contributed by atoms with van der Waals surface area (Å²) in [7, 11) is 0. The molecule has 170 valence electrons. The first-order valence-electron chi connectivity index (χ1n) is 11.6. The Morgan fingerprint density at radius 2 is 1.67 bits per heavy atom. The Balaban J connectivity index is 1.56. The Labute approximate surface area is 190 Å². The number of carbonyl (C=O) groups excluding carboxylic acids is 1. The number of nitrogens with zero attached hydrogens (tertiary/aromatic N) is 2. The second kappa shape index (κ2) is 9.10. The van der Waals surface area contributed by atoms with Crippen LogP contribution in [0.2, 0.25) is 0 Å². The number of aryl methyl sites for hydroxylation is 1. The number of amides is 1. The van der Waals surface area contributed by atoms with E-state index in [2.05, 4.69) is 5.32 Å². The molecule has 0 radical (unpaired) electrons. The molecule has 1 aliphatic carbocycles. The normalized spacial score (nSPS) is 14.7. The molecule has 0 unspecified atom stereocenters. The van der Waals surface area contributed by atoms with Gasteiger partial charge in [0.25, 0.3) is 5.56 Å². The molecule has 4 aromatic rings. The standard InChI is InChI=1S/C26H27N3O4/c30-22(27-19-11-5-2-6-12-19)17-29-23-20-13-7-8-14-21(20)33-24(23)25(31)28(26(29)32)16-15-18-9-3-1-4-10-18/h1,3-4,7-10,13-14,19H,2,5-6,11-12,15-17H2,(H,27,30). The van der Waals surface area contributed by atoms with E-state index in [9.17, 15) is 14.4 Å². The third kappa shape index (κ3) is 4.23. The Bertz CT molecular complexity index is 1410. The maximum absolute atomic E-state index is 13.5. The van der Waals surface area contributed by atoms with E-state index in [-0.39, 0.29) is 30.6 Å². The molecule has 0 bridgehead atoms. The SMILES string of the molecule is O=C(Cn1c(=O)n(CCc2ccccc2)c(=O)c2oc3ccccc3c21)NC1CCCCC1. The number of aromatic nitrogens is 2. The van der Waals surface area contributed by atoms with Crippen molar-refractivity contribution < 1.29 is 9.21 Å². The molecule has 1 N–H and O–H groups in total. The van der Waals surface area contributed by atoms with Gasteiger partial charge < -0.3 is 9.73 Å². The lowest BCUT2D eigenvalue weighted by atomic mass is 9.95. The molecule has 0 atom stereocenters. The summed E-state index contributed by atoms with van der Waals surface area (Å²) in [5, 5.41) is 3.73. The van der Waals surface area contributed by atoms with Crippen molar-refractivity contribution >= 4 is 28.0 Å². The highest BCUT2D eigenvalue weighted by Crippen LogP contribution is 2.25. The van der Waals surface area contributed by atoms with Crippen molar-refractivity contribution in [3.63, 3.8) is 0 Å². The number of rotatable bonds is 6. The summed E-state index contributed by atoms with van der Waals surface area (Å²) < 4.78 is 8.46. The van der Waals surface area contributed by atoms with Gasteiger partial charge in [0.15, 0.2) is 0 Å². The molecule has 2 aromatic carbocycles. The van der Waals surface area contributed by atoms with Crippen molar-refractivity contribution in [3.05, 3.63) is 81.0 Å². The maximum Gasteiger partial charge on any atom is 0.332 e. The summed E-state index contributed by atoms with van der Waals surface area (Å²) in [6, 6.07) is 17.1. The number of fused-ring (bicyclic) bond motifs is 3. The van der Waals surface area contributed by atoms with Gasteiger partial charge in [-0.2, -0.15) is 0 Å². The minimum Gasteiger partial charge on any atom is -0.449 e. The number of hydrogen-bond donors (Lipinski definition) is 1. The molecule has 7 nitrogen and oxygen atoms in total. The molecule has 2 aromatic heterocycles. The van der Waals surface area contributed by atoms with Gasteiger partial charge in [-0.05, 0) is 37.0 Å². The zero-order valence-electron chi connectivity index (χ0n) is 18.5. The van der Waals surface area contributed by atoms with Crippen LogP contribution in [0, 0.1) is 0 Å². The van der Waals surface area contributed by atoms with Crippen LogP contribution in [0.3, 0.4) is 0 Å². The van der Waals surface area contributed by atoms with E-state index in [0.717, 1.165) is 31.2 Å². The number of furan rings is 1. The van der Waals surface area contributed by atoms with Gasteiger partial charge in [0.2, 0.25) is 11.5 Å². The van der Waals surface area contributed by atoms with Crippen molar-refractivity contribution in [3.8, 4) is 0 Å². The Hall–Kier alpha value is -3.61. The zero-order valence-corrected chi connectivity index (χ0v) is 18.5. The molecule has 1 saturated carbocycles. The van der Waals surface area contributed by atoms with Gasteiger partial charge in [0, 0.05) is 18.0 Å². The van der Waals surface area contributed by atoms with Gasteiger partial charge in [-0.25, -0.2) is 4.79 Å². The van der Waals surface area contributed by atoms with E-state index in [1.165, 1.54) is 15.6 Å². The summed E-state index contributed by atoms with van der Waals surface area (Å²) in [6.45, 7) is 0.0554. The van der Waals surface area contributed by atoms with E-state index in [1.807, 2.05) is 48.5 Å². The number of para-hydroxylation sites is 1. The number of hydrogen-bond acceptors (Lipinski definition) is 4. The van der Waals surface area contributed by atoms with Gasteiger partial charge in [-0.3, -0.25) is 18.7 Å². The first-order chi connectivity index (χ1) is 16.1. The van der Waals surface area contributed by atoms with E-state index in [0.29, 0.717) is 22.9 Å². The molecule has 0 saturated heterocycles. The van der Waals surface area contributed by atoms with E-state index >= 15 is 0 Å². The van der Waals surface area contributed by atoms with Crippen LogP contribution < -0.4 is 16.6 Å². The molecule has 1 aliphatic rings. The largest absolute Gasteiger partial charge is 0.449 e. The van der Waals surface area contributed by atoms with Gasteiger partial charge in [-0.15, -0.1) is 0 Å². The predicted octanol–water partition coefficient (Wildman–Crippen LogP) is 3.60. The van der Waals surface area contributed by atoms with Crippen molar-refractivity contribution in [1.29, 1.82) is 0 Å². The Kier molecular flexibility index (Phi) is 5.86. The first kappa shape index (κ1) is 21.2. The quantitative estimate of drug-likeness (QED) is 0.491. The topological polar surface area (TPSA) is 86.2 Å². The zero-order chi connectivity index (χ0) is 22.8. The second-order valence-corrected chi connectivity index (χ2v) is 8.74. The van der Waals surface area contributed by atoms with Gasteiger partial charge >= 0.3 is 5.69 Å². The summed E-state index contributed by atoms with van der Waals surface area (Å²) in [5.74, 6) is -0.219. The molecule has 2 heterocycles. The highest BCUT2D eigenvalue weighted by Gasteiger charge is 2.22. The van der Waals surface area contributed by atoms with Crippen LogP contribution in [-0.4, -0.2) is 21.1 Å². The molecular weight excluding hydrogens is 418 g/mol. The summed E-state index contributed by atoms with van der Waals surface area (Å²) >= 11 is 0. The first-order valence-corrected chi connectivity index (χ1v) is 11.6. The average molecular weight is 446 g/mol. The molecule has 1 amide bonds. The lowest BCUT2D eigenvalue weighted by Crippen LogP contribution is -2.44. The van der Waals surface area contributed by atoms with Crippen LogP contribution >= 0.6 is 0 Å². The smallest absolute Gasteiger partial charge is 0.332 e. The number of carbonyl (C=O) groups is 1. The summed E-state index contributed by atoms with van der Waals surface area (Å²) in [6.07, 6.45) is 5.84. The fourth-order valence-corrected chi connectivity index (χ4v) is 4.79. The highest BCUT2D eigenvalue weighted by molar-refractivity contribution is 6.02. The van der Waals surface area contributed by atoms with Gasteiger partial charge in [0.1, 0.15) is 17.6 Å². The lowest BCUT2D eigenvalue weighted by molar-refractivity contribution is -0.122. The molecule has 5 rings (SSSR count). The third-order valence-electron chi connectivity index (χ3n) is 6.48. The van der Waals surface area contributed by atoms with Crippen LogP contribution in [0.1, 0.15) is 37.7 Å². The average Bonchev–Trinajstić information content (AvgIpc) is 3.23. The second-order valence-electron chi connectivity index (χ2n) is 8.74. The summed E-state index contributed by atoms with van der Waals surface area (Å²) in [5.41, 5.74) is 1.07. The van der Waals surface area contributed by atoms with Gasteiger partial charge in [-0.1, -0.05) is 61.7 Å². The molecular formula is C26H27N3O4. The molecule has 0 spiro atoms. The fraction of sp³-hybridized carbons (Fsp3) is 0.346. The minimum absolute atomic E-state index is 0.106. The van der Waals surface area contributed by atoms with E-state index in [1.54, 1.807) is 6.07 Å². The van der Waals surface area contributed by atoms with Crippen molar-refractivity contribution in [2.45, 2.75) is 57.7 Å². The monoisotopic (exact) mass is 445 g/mol. The minimum atomic E-state index is -0.492. The molecule has 7 heteroatoms. The van der Waals surface area contributed by atoms with Crippen LogP contribution in [0.15, 0.2) is 68.6 Å². The predicted molar refractivity (Wildman–Crippen MR) is 127 cm³/mol. The van der Waals surface area contributed by atoms with Crippen molar-refractivity contribution in [1.82, 2.24) is 14.5 Å². The van der Waals surface area contributed by atoms with Crippen molar-refractivity contribution in [2.24, 2.45) is 0 Å². The summed E-state index contributed by atoms with van der Waals surface area (Å²) in [4.78, 5) is 39.7. The Morgan fingerprint density at radius 1 is 0.939 bits per heavy atom. The fourth-order valence-electron chi connectivity index (χ4n) is 4.79. The van der Waals surface area contributed by atoms with Crippen molar-refractivity contribution in [2.75, 3.05) is 0 Å². The number of benzene rings is 2. The van der Waals surface area contributed by atoms with E-state index < -0.39 is 11.2 Å². The highest BCUT2D eigenvalue weighted by atomic mass is 16.3. The molecule has 33 heavy (non-hydrogen) atoms. The lowest BCUT2D eigenvalue weighted by Gasteiger charge is -2.23. The molecule has 0 aliphatic heterocycles. The van der Waals surface area contributed by atoms with Crippen LogP contribution in [0.5, 0.6) is 0 Å². The maximum atomic E-state index is 13.5. The van der Waals surface area contributed by atoms with Crippen LogP contribution in [0.25, 0.3) is 22.1 Å². The van der Waals surface area contributed by atoms with Crippen LogP contribution in [-0.2, 0) is 24.3 Å². The Morgan fingerprint density at radius 3 is 2.45 bits per heavy atom. The number of nitrogens with one attached hydrogen (secondary N) is 1. The van der Waals surface area contributed by atoms with Crippen LogP contribution in [0.4, 0.5) is 0 Å².